The van der Waals surface area contributed by atoms with Crippen LogP contribution in [0.3, 0.4) is 0 Å². The SMILES string of the molecule is CC1(C)CC(N)CC(=O)O1. The Hall–Kier alpha value is -0.570. The van der Waals surface area contributed by atoms with Crippen molar-refractivity contribution >= 4 is 5.97 Å². The van der Waals surface area contributed by atoms with E-state index in [9.17, 15) is 4.79 Å². The molecule has 1 unspecified atom stereocenters. The maximum absolute atomic E-state index is 10.8. The minimum Gasteiger partial charge on any atom is -0.460 e. The largest absolute Gasteiger partial charge is 0.460 e. The van der Waals surface area contributed by atoms with E-state index in [4.69, 9.17) is 10.5 Å². The smallest absolute Gasteiger partial charge is 0.307 e. The number of hydrogen-bond acceptors (Lipinski definition) is 3. The summed E-state index contributed by atoms with van der Waals surface area (Å²) in [6.45, 7) is 3.76. The Balaban J connectivity index is 2.59. The molecule has 1 atom stereocenters. The van der Waals surface area contributed by atoms with Gasteiger partial charge in [-0.05, 0) is 13.8 Å². The fourth-order valence-corrected chi connectivity index (χ4v) is 1.31. The van der Waals surface area contributed by atoms with Gasteiger partial charge in [0.2, 0.25) is 0 Å². The third-order valence-corrected chi connectivity index (χ3v) is 1.57. The molecule has 0 radical (unpaired) electrons. The van der Waals surface area contributed by atoms with Gasteiger partial charge in [-0.3, -0.25) is 4.79 Å². The molecule has 1 fully saturated rings. The summed E-state index contributed by atoms with van der Waals surface area (Å²) in [5.41, 5.74) is 5.25. The molecule has 1 aliphatic heterocycles. The van der Waals surface area contributed by atoms with Gasteiger partial charge in [-0.1, -0.05) is 0 Å². The van der Waals surface area contributed by atoms with Crippen molar-refractivity contribution in [2.24, 2.45) is 5.73 Å². The number of rotatable bonds is 0. The minimum atomic E-state index is -0.352. The second kappa shape index (κ2) is 2.23. The molecule has 2 N–H and O–H groups in total. The molecule has 0 saturated carbocycles. The normalized spacial score (nSPS) is 31.5. The highest BCUT2D eigenvalue weighted by molar-refractivity contribution is 5.71. The predicted molar refractivity (Wildman–Crippen MR) is 37.4 cm³/mol. The average Bonchev–Trinajstić information content (AvgIpc) is 1.54. The van der Waals surface area contributed by atoms with Crippen LogP contribution in [0.1, 0.15) is 26.7 Å². The van der Waals surface area contributed by atoms with Crippen LogP contribution in [0.5, 0.6) is 0 Å². The number of esters is 1. The molecule has 3 nitrogen and oxygen atoms in total. The minimum absolute atomic E-state index is 0.0174. The number of ether oxygens (including phenoxy) is 1. The summed E-state index contributed by atoms with van der Waals surface area (Å²) in [4.78, 5) is 10.8. The third-order valence-electron chi connectivity index (χ3n) is 1.57. The zero-order valence-corrected chi connectivity index (χ0v) is 6.39. The molecule has 0 aromatic rings. The lowest BCUT2D eigenvalue weighted by Crippen LogP contribution is -2.43. The quantitative estimate of drug-likeness (QED) is 0.500. The van der Waals surface area contributed by atoms with E-state index in [1.807, 2.05) is 13.8 Å². The average molecular weight is 143 g/mol. The second-order valence-electron chi connectivity index (χ2n) is 3.40. The number of hydrogen-bond donors (Lipinski definition) is 1. The van der Waals surface area contributed by atoms with Crippen LogP contribution in [-0.4, -0.2) is 17.6 Å². The van der Waals surface area contributed by atoms with E-state index in [-0.39, 0.29) is 17.6 Å². The van der Waals surface area contributed by atoms with Gasteiger partial charge in [0, 0.05) is 12.5 Å². The van der Waals surface area contributed by atoms with Crippen LogP contribution < -0.4 is 5.73 Å². The maximum Gasteiger partial charge on any atom is 0.307 e. The van der Waals surface area contributed by atoms with Crippen molar-refractivity contribution in [3.05, 3.63) is 0 Å². The fraction of sp³-hybridized carbons (Fsp3) is 0.857. The molecule has 58 valence electrons. The third kappa shape index (κ3) is 1.70. The number of cyclic esters (lactones) is 1. The van der Waals surface area contributed by atoms with Crippen molar-refractivity contribution < 1.29 is 9.53 Å². The highest BCUT2D eigenvalue weighted by atomic mass is 16.6. The first-order valence-corrected chi connectivity index (χ1v) is 3.47. The topological polar surface area (TPSA) is 52.3 Å². The summed E-state index contributed by atoms with van der Waals surface area (Å²) < 4.78 is 5.03. The van der Waals surface area contributed by atoms with Crippen molar-refractivity contribution in [3.8, 4) is 0 Å². The van der Waals surface area contributed by atoms with E-state index >= 15 is 0 Å². The highest BCUT2D eigenvalue weighted by Gasteiger charge is 2.32. The Morgan fingerprint density at radius 2 is 2.30 bits per heavy atom. The second-order valence-corrected chi connectivity index (χ2v) is 3.40. The fourth-order valence-electron chi connectivity index (χ4n) is 1.31. The number of carbonyl (C=O) groups is 1. The van der Waals surface area contributed by atoms with Crippen LogP contribution in [0.25, 0.3) is 0 Å². The van der Waals surface area contributed by atoms with Gasteiger partial charge in [-0.2, -0.15) is 0 Å². The highest BCUT2D eigenvalue weighted by Crippen LogP contribution is 2.23. The molecule has 0 spiro atoms. The summed E-state index contributed by atoms with van der Waals surface area (Å²) in [5, 5.41) is 0. The van der Waals surface area contributed by atoms with Gasteiger partial charge in [0.15, 0.2) is 0 Å². The lowest BCUT2D eigenvalue weighted by Gasteiger charge is -2.32. The van der Waals surface area contributed by atoms with E-state index in [0.29, 0.717) is 6.42 Å². The molecule has 0 amide bonds. The molecule has 3 heteroatoms. The maximum atomic E-state index is 10.8. The van der Waals surface area contributed by atoms with Gasteiger partial charge in [0.1, 0.15) is 5.60 Å². The van der Waals surface area contributed by atoms with Gasteiger partial charge < -0.3 is 10.5 Å². The van der Waals surface area contributed by atoms with E-state index in [1.54, 1.807) is 0 Å². The first kappa shape index (κ1) is 7.54. The summed E-state index contributed by atoms with van der Waals surface area (Å²) >= 11 is 0. The molecule has 0 aliphatic carbocycles. The molecular weight excluding hydrogens is 130 g/mol. The standard InChI is InChI=1S/C7H13NO2/c1-7(2)4-5(8)3-6(9)10-7/h5H,3-4,8H2,1-2H3. The van der Waals surface area contributed by atoms with E-state index in [1.165, 1.54) is 0 Å². The Morgan fingerprint density at radius 3 is 2.70 bits per heavy atom. The van der Waals surface area contributed by atoms with Crippen molar-refractivity contribution in [2.45, 2.75) is 38.3 Å². The molecule has 0 aromatic heterocycles. The lowest BCUT2D eigenvalue weighted by atomic mass is 9.94. The lowest BCUT2D eigenvalue weighted by molar-refractivity contribution is -0.163. The van der Waals surface area contributed by atoms with Crippen molar-refractivity contribution in [1.82, 2.24) is 0 Å². The number of carbonyl (C=O) groups excluding carboxylic acids is 1. The van der Waals surface area contributed by atoms with Crippen molar-refractivity contribution in [2.75, 3.05) is 0 Å². The van der Waals surface area contributed by atoms with Gasteiger partial charge in [0.25, 0.3) is 0 Å². The molecule has 1 saturated heterocycles. The van der Waals surface area contributed by atoms with Gasteiger partial charge in [0.05, 0.1) is 6.42 Å². The molecular formula is C7H13NO2. The Labute approximate surface area is 60.5 Å². The monoisotopic (exact) mass is 143 g/mol. The van der Waals surface area contributed by atoms with Crippen LogP contribution in [0.4, 0.5) is 0 Å². The van der Waals surface area contributed by atoms with E-state index in [0.717, 1.165) is 6.42 Å². The van der Waals surface area contributed by atoms with Crippen LogP contribution in [0, 0.1) is 0 Å². The van der Waals surface area contributed by atoms with E-state index in [2.05, 4.69) is 0 Å². The summed E-state index contributed by atoms with van der Waals surface area (Å²) in [6, 6.07) is -0.0174. The van der Waals surface area contributed by atoms with Gasteiger partial charge >= 0.3 is 5.97 Å². The number of nitrogens with two attached hydrogens (primary N) is 1. The zero-order chi connectivity index (χ0) is 7.78. The zero-order valence-electron chi connectivity index (χ0n) is 6.39. The van der Waals surface area contributed by atoms with Gasteiger partial charge in [-0.15, -0.1) is 0 Å². The summed E-state index contributed by atoms with van der Waals surface area (Å²) in [6.07, 6.45) is 1.13. The van der Waals surface area contributed by atoms with E-state index < -0.39 is 0 Å². The van der Waals surface area contributed by atoms with Crippen molar-refractivity contribution in [1.29, 1.82) is 0 Å². The Bertz CT molecular complexity index is 154. The van der Waals surface area contributed by atoms with Crippen molar-refractivity contribution in [3.63, 3.8) is 0 Å². The van der Waals surface area contributed by atoms with Crippen LogP contribution in [-0.2, 0) is 9.53 Å². The Morgan fingerprint density at radius 1 is 1.70 bits per heavy atom. The Kier molecular flexibility index (Phi) is 1.68. The summed E-state index contributed by atoms with van der Waals surface area (Å²) in [7, 11) is 0. The molecule has 0 bridgehead atoms. The predicted octanol–water partition coefficient (Wildman–Crippen LogP) is 0.429. The molecule has 0 aromatic carbocycles. The molecule has 1 rings (SSSR count). The molecule has 10 heavy (non-hydrogen) atoms. The molecule has 1 heterocycles. The first-order chi connectivity index (χ1) is 4.49. The first-order valence-electron chi connectivity index (χ1n) is 3.47. The molecule has 1 aliphatic rings. The van der Waals surface area contributed by atoms with Crippen LogP contribution in [0.15, 0.2) is 0 Å². The van der Waals surface area contributed by atoms with Crippen LogP contribution in [0.2, 0.25) is 0 Å². The summed E-state index contributed by atoms with van der Waals surface area (Å²) in [5.74, 6) is -0.177. The van der Waals surface area contributed by atoms with Gasteiger partial charge in [-0.25, -0.2) is 0 Å². The van der Waals surface area contributed by atoms with Crippen LogP contribution >= 0.6 is 0 Å².